The molecule has 2 heterocycles. The van der Waals surface area contributed by atoms with Crippen molar-refractivity contribution < 1.29 is 18.3 Å². The number of carboxylic acids is 1. The van der Waals surface area contributed by atoms with Crippen molar-refractivity contribution in [1.29, 1.82) is 0 Å². The van der Waals surface area contributed by atoms with Crippen molar-refractivity contribution in [3.8, 4) is 0 Å². The van der Waals surface area contributed by atoms with Gasteiger partial charge in [-0.3, -0.25) is 4.79 Å². The molecule has 2 aromatic heterocycles. The van der Waals surface area contributed by atoms with Crippen molar-refractivity contribution in [3.63, 3.8) is 0 Å². The molecule has 1 unspecified atom stereocenters. The Morgan fingerprint density at radius 3 is 2.51 bits per heavy atom. The highest BCUT2D eigenvalue weighted by molar-refractivity contribution is 7.89. The Morgan fingerprint density at radius 2 is 1.86 bits per heavy atom. The first kappa shape index (κ1) is 26.1. The van der Waals surface area contributed by atoms with Crippen LogP contribution in [0.4, 0.5) is 5.82 Å². The van der Waals surface area contributed by atoms with E-state index >= 15 is 0 Å². The molecule has 0 fully saturated rings. The van der Waals surface area contributed by atoms with Crippen LogP contribution in [0.2, 0.25) is 0 Å². The lowest BCUT2D eigenvalue weighted by atomic mass is 9.99. The minimum absolute atomic E-state index is 0.0859. The van der Waals surface area contributed by atoms with Crippen molar-refractivity contribution in [3.05, 3.63) is 89.8 Å². The van der Waals surface area contributed by atoms with Gasteiger partial charge in [-0.05, 0) is 60.7 Å². The lowest BCUT2D eigenvalue weighted by Crippen LogP contribution is -2.31. The largest absolute Gasteiger partial charge is 0.480 e. The minimum atomic E-state index is -3.92. The smallest absolute Gasteiger partial charge is 0.322 e. The molecule has 1 atom stereocenters. The highest BCUT2D eigenvalue weighted by atomic mass is 32.2. The number of allylic oxidation sites excluding steroid dienone is 2. The molecule has 35 heavy (non-hydrogen) atoms. The Morgan fingerprint density at radius 1 is 1.09 bits per heavy atom. The summed E-state index contributed by atoms with van der Waals surface area (Å²) in [6.07, 6.45) is 6.08. The summed E-state index contributed by atoms with van der Waals surface area (Å²) in [6.45, 7) is 3.92. The zero-order chi connectivity index (χ0) is 25.3. The van der Waals surface area contributed by atoms with E-state index in [0.717, 1.165) is 24.0 Å². The van der Waals surface area contributed by atoms with Gasteiger partial charge in [0.2, 0.25) is 0 Å². The Bertz CT molecular complexity index is 1260. The first-order valence-corrected chi connectivity index (χ1v) is 12.9. The number of pyridine rings is 2. The summed E-state index contributed by atoms with van der Waals surface area (Å²) in [7, 11) is -3.92. The van der Waals surface area contributed by atoms with E-state index in [2.05, 4.69) is 39.9 Å². The van der Waals surface area contributed by atoms with Crippen LogP contribution in [0.25, 0.3) is 5.57 Å². The molecule has 8 nitrogen and oxygen atoms in total. The van der Waals surface area contributed by atoms with E-state index in [1.54, 1.807) is 30.3 Å². The minimum Gasteiger partial charge on any atom is -0.480 e. The van der Waals surface area contributed by atoms with E-state index in [4.69, 9.17) is 5.11 Å². The van der Waals surface area contributed by atoms with Crippen LogP contribution in [0.5, 0.6) is 0 Å². The maximum atomic E-state index is 13.0. The zero-order valence-corrected chi connectivity index (χ0v) is 20.6. The van der Waals surface area contributed by atoms with Crippen molar-refractivity contribution >= 4 is 27.4 Å². The van der Waals surface area contributed by atoms with E-state index in [1.165, 1.54) is 17.8 Å². The highest BCUT2D eigenvalue weighted by Gasteiger charge is 2.24. The summed E-state index contributed by atoms with van der Waals surface area (Å²) in [5, 5.41) is 11.6. The van der Waals surface area contributed by atoms with Gasteiger partial charge >= 0.3 is 5.97 Å². The molecule has 3 aromatic rings. The highest BCUT2D eigenvalue weighted by Crippen LogP contribution is 2.23. The topological polar surface area (TPSA) is 121 Å². The number of aliphatic carboxylic acids is 1. The number of carbonyl (C=O) groups is 1. The Labute approximate surface area is 206 Å². The number of unbranched alkanes of at least 4 members (excludes halogenated alkanes) is 1. The fraction of sp³-hybridized carbons (Fsp3) is 0.269. The molecule has 0 saturated carbocycles. The summed E-state index contributed by atoms with van der Waals surface area (Å²) < 4.78 is 28.8. The van der Waals surface area contributed by atoms with Crippen LogP contribution in [-0.4, -0.2) is 36.0 Å². The first-order valence-electron chi connectivity index (χ1n) is 11.4. The van der Waals surface area contributed by atoms with Crippen molar-refractivity contribution in [1.82, 2.24) is 14.7 Å². The number of nitrogens with one attached hydrogen (secondary N) is 2. The Kier molecular flexibility index (Phi) is 9.11. The van der Waals surface area contributed by atoms with E-state index in [9.17, 15) is 13.2 Å². The fourth-order valence-corrected chi connectivity index (χ4v) is 4.65. The standard InChI is InChI=1S/C26H30N4O4S/c1-3-4-8-19(2)21-14-12-20(13-15-21)17-23(30-35(33,34)25-11-5-6-16-27-25)22-9-7-10-24(29-22)28-18-26(31)32/h5-16,23,30H,3-4,17-18H2,1-2H3,(H,28,29)(H,31,32). The zero-order valence-electron chi connectivity index (χ0n) is 19.8. The molecule has 1 aromatic carbocycles. The third kappa shape index (κ3) is 7.73. The van der Waals surface area contributed by atoms with Gasteiger partial charge in [0.1, 0.15) is 12.4 Å². The van der Waals surface area contributed by atoms with Gasteiger partial charge in [-0.2, -0.15) is 0 Å². The molecule has 0 aliphatic carbocycles. The number of hydrogen-bond acceptors (Lipinski definition) is 6. The Balaban J connectivity index is 1.90. The number of rotatable bonds is 12. The first-order chi connectivity index (χ1) is 16.8. The van der Waals surface area contributed by atoms with Crippen molar-refractivity contribution in [2.45, 2.75) is 44.2 Å². The van der Waals surface area contributed by atoms with Crippen LogP contribution in [0.15, 0.2) is 78.0 Å². The predicted octanol–water partition coefficient (Wildman–Crippen LogP) is 4.44. The SMILES string of the molecule is CCCC=C(C)c1ccc(CC(NS(=O)(=O)c2ccccn2)c2cccc(NCC(=O)O)n2)cc1. The maximum Gasteiger partial charge on any atom is 0.322 e. The quantitative estimate of drug-likeness (QED) is 0.340. The van der Waals surface area contributed by atoms with E-state index in [-0.39, 0.29) is 11.6 Å². The number of aromatic nitrogens is 2. The predicted molar refractivity (Wildman–Crippen MR) is 136 cm³/mol. The molecule has 0 radical (unpaired) electrons. The lowest BCUT2D eigenvalue weighted by molar-refractivity contribution is -0.134. The van der Waals surface area contributed by atoms with Crippen molar-refractivity contribution in [2.75, 3.05) is 11.9 Å². The van der Waals surface area contributed by atoms with Gasteiger partial charge in [0.25, 0.3) is 10.0 Å². The molecule has 184 valence electrons. The molecule has 0 spiro atoms. The number of nitrogens with zero attached hydrogens (tertiary/aromatic N) is 2. The number of anilines is 1. The van der Waals surface area contributed by atoms with Crippen LogP contribution < -0.4 is 10.0 Å². The second-order valence-corrected chi connectivity index (χ2v) is 9.77. The summed E-state index contributed by atoms with van der Waals surface area (Å²) in [6, 6.07) is 17.1. The molecule has 9 heteroatoms. The van der Waals surface area contributed by atoms with Crippen LogP contribution in [0, 0.1) is 0 Å². The second-order valence-electron chi connectivity index (χ2n) is 8.11. The number of carboxylic acid groups (broad SMARTS) is 1. The molecular weight excluding hydrogens is 464 g/mol. The summed E-state index contributed by atoms with van der Waals surface area (Å²) >= 11 is 0. The van der Waals surface area contributed by atoms with Gasteiger partial charge < -0.3 is 10.4 Å². The van der Waals surface area contributed by atoms with Gasteiger partial charge in [0.15, 0.2) is 5.03 Å². The third-order valence-electron chi connectivity index (χ3n) is 5.35. The molecule has 3 N–H and O–H groups in total. The van der Waals surface area contributed by atoms with Gasteiger partial charge in [-0.15, -0.1) is 0 Å². The van der Waals surface area contributed by atoms with Gasteiger partial charge in [-0.1, -0.05) is 55.8 Å². The Hall–Kier alpha value is -3.56. The van der Waals surface area contributed by atoms with Crippen LogP contribution in [0.3, 0.4) is 0 Å². The van der Waals surface area contributed by atoms with E-state index < -0.39 is 22.0 Å². The lowest BCUT2D eigenvalue weighted by Gasteiger charge is -2.19. The molecule has 0 bridgehead atoms. The summed E-state index contributed by atoms with van der Waals surface area (Å²) in [5.74, 6) is -0.674. The average Bonchev–Trinajstić information content (AvgIpc) is 2.86. The van der Waals surface area contributed by atoms with E-state index in [0.29, 0.717) is 17.9 Å². The second kappa shape index (κ2) is 12.2. The molecule has 0 amide bonds. The van der Waals surface area contributed by atoms with Gasteiger partial charge in [0, 0.05) is 6.20 Å². The van der Waals surface area contributed by atoms with Crippen LogP contribution in [0.1, 0.15) is 49.6 Å². The number of hydrogen-bond donors (Lipinski definition) is 3. The van der Waals surface area contributed by atoms with Gasteiger partial charge in [-0.25, -0.2) is 23.1 Å². The molecule has 0 aliphatic heterocycles. The van der Waals surface area contributed by atoms with Gasteiger partial charge in [0.05, 0.1) is 11.7 Å². The molecular formula is C26H30N4O4S. The fourth-order valence-electron chi connectivity index (χ4n) is 3.49. The number of sulfonamides is 1. The van der Waals surface area contributed by atoms with Crippen LogP contribution in [-0.2, 0) is 21.2 Å². The maximum absolute atomic E-state index is 13.0. The summed E-state index contributed by atoms with van der Waals surface area (Å²) in [4.78, 5) is 19.4. The third-order valence-corrected chi connectivity index (χ3v) is 6.73. The number of benzene rings is 1. The molecule has 0 aliphatic rings. The van der Waals surface area contributed by atoms with Crippen LogP contribution >= 0.6 is 0 Å². The normalized spacial score (nSPS) is 12.8. The molecule has 0 saturated heterocycles. The monoisotopic (exact) mass is 494 g/mol. The van der Waals surface area contributed by atoms with E-state index in [1.807, 2.05) is 24.3 Å². The molecule has 3 rings (SSSR count). The average molecular weight is 495 g/mol. The van der Waals surface area contributed by atoms with Crippen molar-refractivity contribution in [2.24, 2.45) is 0 Å². The summed E-state index contributed by atoms with van der Waals surface area (Å²) in [5.41, 5.74) is 3.70.